The average molecular weight is 313 g/mol. The monoisotopic (exact) mass is 313 g/mol. The van der Waals surface area contributed by atoms with Crippen LogP contribution in [-0.2, 0) is 5.60 Å². The second kappa shape index (κ2) is 5.55. The van der Waals surface area contributed by atoms with Crippen molar-refractivity contribution in [1.29, 1.82) is 0 Å². The lowest BCUT2D eigenvalue weighted by Crippen LogP contribution is -2.31. The van der Waals surface area contributed by atoms with E-state index in [2.05, 4.69) is 15.3 Å². The van der Waals surface area contributed by atoms with Gasteiger partial charge >= 0.3 is 0 Å². The number of aliphatic hydroxyl groups is 1. The molecule has 0 aromatic carbocycles. The number of aromatic amines is 1. The van der Waals surface area contributed by atoms with Crippen LogP contribution in [0.4, 0.5) is 5.69 Å². The summed E-state index contributed by atoms with van der Waals surface area (Å²) in [5.74, 6) is 1.43. The molecule has 3 N–H and O–H groups in total. The summed E-state index contributed by atoms with van der Waals surface area (Å²) in [5, 5.41) is 13.9. The maximum atomic E-state index is 11.8. The predicted molar refractivity (Wildman–Crippen MR) is 88.6 cm³/mol. The Hall–Kier alpha value is -2.60. The first kappa shape index (κ1) is 15.3. The van der Waals surface area contributed by atoms with Crippen molar-refractivity contribution in [2.45, 2.75) is 26.4 Å². The highest BCUT2D eigenvalue weighted by atomic mass is 16.3. The van der Waals surface area contributed by atoms with Gasteiger partial charge in [0.1, 0.15) is 22.6 Å². The van der Waals surface area contributed by atoms with E-state index in [1.54, 1.807) is 25.3 Å². The lowest BCUT2D eigenvalue weighted by atomic mass is 9.96. The highest BCUT2D eigenvalue weighted by molar-refractivity contribution is 5.86. The lowest BCUT2D eigenvalue weighted by molar-refractivity contribution is 0.0700. The number of H-pyrrole nitrogens is 1. The summed E-state index contributed by atoms with van der Waals surface area (Å²) in [5.41, 5.74) is 1.27. The summed E-state index contributed by atoms with van der Waals surface area (Å²) >= 11 is 0. The minimum Gasteiger partial charge on any atom is -0.466 e. The second-order valence-electron chi connectivity index (χ2n) is 5.90. The summed E-state index contributed by atoms with van der Waals surface area (Å²) in [7, 11) is 0. The zero-order valence-corrected chi connectivity index (χ0v) is 13.3. The third-order valence-electron chi connectivity index (χ3n) is 3.84. The van der Waals surface area contributed by atoms with Gasteiger partial charge in [0.25, 0.3) is 5.56 Å². The Kier molecular flexibility index (Phi) is 3.69. The molecule has 0 aliphatic heterocycles. The molecule has 0 saturated heterocycles. The molecule has 0 amide bonds. The number of hydrogen-bond acceptors (Lipinski definition) is 5. The smallest absolute Gasteiger partial charge is 0.250 e. The van der Waals surface area contributed by atoms with E-state index in [4.69, 9.17) is 4.42 Å². The van der Waals surface area contributed by atoms with E-state index < -0.39 is 5.60 Å². The molecule has 23 heavy (non-hydrogen) atoms. The number of aryl methyl sites for hydroxylation is 2. The molecule has 0 spiro atoms. The molecule has 0 saturated carbocycles. The van der Waals surface area contributed by atoms with Crippen molar-refractivity contribution in [1.82, 2.24) is 9.97 Å². The molecule has 3 heterocycles. The van der Waals surface area contributed by atoms with Crippen LogP contribution in [0.15, 0.2) is 39.7 Å². The highest BCUT2D eigenvalue weighted by Gasteiger charge is 2.27. The van der Waals surface area contributed by atoms with Crippen molar-refractivity contribution < 1.29 is 9.52 Å². The zero-order chi connectivity index (χ0) is 16.6. The number of nitrogens with one attached hydrogen (secondary N) is 2. The minimum atomic E-state index is -1.13. The van der Waals surface area contributed by atoms with Crippen LogP contribution < -0.4 is 10.9 Å². The molecular weight excluding hydrogens is 294 g/mol. The van der Waals surface area contributed by atoms with Crippen LogP contribution in [-0.4, -0.2) is 21.6 Å². The van der Waals surface area contributed by atoms with E-state index in [1.165, 1.54) is 6.07 Å². The van der Waals surface area contributed by atoms with E-state index in [0.29, 0.717) is 22.5 Å². The summed E-state index contributed by atoms with van der Waals surface area (Å²) in [6.07, 6.45) is 1.66. The van der Waals surface area contributed by atoms with Gasteiger partial charge in [-0.25, -0.2) is 0 Å². The van der Waals surface area contributed by atoms with Gasteiger partial charge in [0.15, 0.2) is 0 Å². The molecule has 0 aliphatic carbocycles. The number of aromatic nitrogens is 2. The number of rotatable bonds is 4. The van der Waals surface area contributed by atoms with E-state index in [9.17, 15) is 9.90 Å². The topological polar surface area (TPSA) is 91.2 Å². The Bertz CT molecular complexity index is 909. The van der Waals surface area contributed by atoms with E-state index in [-0.39, 0.29) is 12.1 Å². The molecule has 3 aromatic rings. The minimum absolute atomic E-state index is 0.219. The summed E-state index contributed by atoms with van der Waals surface area (Å²) in [6, 6.07) is 6.82. The largest absolute Gasteiger partial charge is 0.466 e. The molecule has 6 heteroatoms. The first-order chi connectivity index (χ1) is 10.9. The van der Waals surface area contributed by atoms with Gasteiger partial charge < -0.3 is 19.8 Å². The highest BCUT2D eigenvalue weighted by Crippen LogP contribution is 2.28. The molecule has 1 unspecified atom stereocenters. The van der Waals surface area contributed by atoms with E-state index in [1.807, 2.05) is 19.9 Å². The van der Waals surface area contributed by atoms with Gasteiger partial charge in [0.05, 0.1) is 11.2 Å². The van der Waals surface area contributed by atoms with Gasteiger partial charge in [-0.1, -0.05) is 0 Å². The van der Waals surface area contributed by atoms with Crippen LogP contribution in [0.25, 0.3) is 11.0 Å². The van der Waals surface area contributed by atoms with E-state index >= 15 is 0 Å². The first-order valence-electron chi connectivity index (χ1n) is 7.38. The fourth-order valence-electron chi connectivity index (χ4n) is 2.75. The Morgan fingerprint density at radius 1 is 1.39 bits per heavy atom. The molecule has 1 atom stereocenters. The third-order valence-corrected chi connectivity index (χ3v) is 3.84. The lowest BCUT2D eigenvalue weighted by Gasteiger charge is -2.24. The molecule has 3 rings (SSSR count). The van der Waals surface area contributed by atoms with Crippen LogP contribution in [0.1, 0.15) is 24.0 Å². The van der Waals surface area contributed by atoms with Crippen LogP contribution in [0.2, 0.25) is 0 Å². The molecule has 6 nitrogen and oxygen atoms in total. The number of furan rings is 1. The standard InChI is InChI=1S/C17H19N3O3/c1-10-7-12(11(2)23-10)17(3,22)9-19-14-8-15(21)20-13-5-4-6-18-16(13)14/h4-8,22H,9H2,1-3H3,(H2,19,20,21). The quantitative estimate of drug-likeness (QED) is 0.688. The molecule has 3 aromatic heterocycles. The molecule has 120 valence electrons. The fourth-order valence-corrected chi connectivity index (χ4v) is 2.75. The summed E-state index contributed by atoms with van der Waals surface area (Å²) < 4.78 is 5.49. The van der Waals surface area contributed by atoms with Gasteiger partial charge in [-0.05, 0) is 39.0 Å². The van der Waals surface area contributed by atoms with Crippen LogP contribution in [0, 0.1) is 13.8 Å². The first-order valence-corrected chi connectivity index (χ1v) is 7.38. The predicted octanol–water partition coefficient (Wildman–Crippen LogP) is 2.45. The normalized spacial score (nSPS) is 13.9. The SMILES string of the molecule is Cc1cc(C(C)(O)CNc2cc(=O)[nH]c3cccnc23)c(C)o1. The summed E-state index contributed by atoms with van der Waals surface area (Å²) in [4.78, 5) is 18.8. The van der Waals surface area contributed by atoms with Gasteiger partial charge in [-0.3, -0.25) is 9.78 Å². The molecule has 0 fully saturated rings. The van der Waals surface area contributed by atoms with Gasteiger partial charge in [0.2, 0.25) is 0 Å². The van der Waals surface area contributed by atoms with Crippen molar-refractivity contribution in [3.05, 3.63) is 57.9 Å². The molecule has 0 bridgehead atoms. The van der Waals surface area contributed by atoms with Gasteiger partial charge in [-0.2, -0.15) is 0 Å². The number of nitrogens with zero attached hydrogens (tertiary/aromatic N) is 1. The van der Waals surface area contributed by atoms with Crippen molar-refractivity contribution in [2.24, 2.45) is 0 Å². The van der Waals surface area contributed by atoms with Crippen LogP contribution >= 0.6 is 0 Å². The summed E-state index contributed by atoms with van der Waals surface area (Å²) in [6.45, 7) is 5.59. The van der Waals surface area contributed by atoms with Crippen molar-refractivity contribution in [3.63, 3.8) is 0 Å². The van der Waals surface area contributed by atoms with Crippen LogP contribution in [0.3, 0.4) is 0 Å². The van der Waals surface area contributed by atoms with Gasteiger partial charge in [0, 0.05) is 24.4 Å². The van der Waals surface area contributed by atoms with Crippen molar-refractivity contribution >= 4 is 16.7 Å². The number of anilines is 1. The van der Waals surface area contributed by atoms with Crippen molar-refractivity contribution in [2.75, 3.05) is 11.9 Å². The molecule has 0 aliphatic rings. The maximum absolute atomic E-state index is 11.8. The molecular formula is C17H19N3O3. The fraction of sp³-hybridized carbons (Fsp3) is 0.294. The average Bonchev–Trinajstić information content (AvgIpc) is 2.84. The second-order valence-corrected chi connectivity index (χ2v) is 5.90. The Balaban J connectivity index is 1.91. The molecule has 0 radical (unpaired) electrons. The van der Waals surface area contributed by atoms with Crippen molar-refractivity contribution in [3.8, 4) is 0 Å². The zero-order valence-electron chi connectivity index (χ0n) is 13.3. The Labute approximate surface area is 133 Å². The van der Waals surface area contributed by atoms with Gasteiger partial charge in [-0.15, -0.1) is 0 Å². The number of hydrogen-bond donors (Lipinski definition) is 3. The Morgan fingerprint density at radius 2 is 2.17 bits per heavy atom. The number of fused-ring (bicyclic) bond motifs is 1. The Morgan fingerprint density at radius 3 is 2.87 bits per heavy atom. The van der Waals surface area contributed by atoms with E-state index in [0.717, 1.165) is 11.3 Å². The third kappa shape index (κ3) is 2.98. The van der Waals surface area contributed by atoms with Crippen LogP contribution in [0.5, 0.6) is 0 Å². The number of pyridine rings is 2. The maximum Gasteiger partial charge on any atom is 0.250 e.